The highest BCUT2D eigenvalue weighted by Gasteiger charge is 2.05. The Balaban J connectivity index is 2.62. The lowest BCUT2D eigenvalue weighted by Crippen LogP contribution is -2.24. The van der Waals surface area contributed by atoms with Crippen molar-refractivity contribution >= 4 is 28.5 Å². The third kappa shape index (κ3) is 3.81. The van der Waals surface area contributed by atoms with Gasteiger partial charge in [0.15, 0.2) is 0 Å². The molecule has 0 aliphatic carbocycles. The fraction of sp³-hybridized carbons (Fsp3) is 0.417. The standard InChI is InChI=1S/C12H16INO/c1-3-4-7-14-12(15)10-6-5-9(2)11(13)8-10/h5-6,8H,3-4,7H2,1-2H3,(H,14,15). The van der Waals surface area contributed by atoms with E-state index < -0.39 is 0 Å². The number of nitrogens with one attached hydrogen (secondary N) is 1. The van der Waals surface area contributed by atoms with Gasteiger partial charge in [-0.05, 0) is 53.6 Å². The molecule has 15 heavy (non-hydrogen) atoms. The zero-order valence-electron chi connectivity index (χ0n) is 9.14. The molecule has 0 aliphatic heterocycles. The molecular weight excluding hydrogens is 301 g/mol. The van der Waals surface area contributed by atoms with Crippen molar-refractivity contribution in [2.24, 2.45) is 0 Å². The van der Waals surface area contributed by atoms with Crippen LogP contribution in [-0.4, -0.2) is 12.5 Å². The van der Waals surface area contributed by atoms with E-state index in [-0.39, 0.29) is 5.91 Å². The van der Waals surface area contributed by atoms with Gasteiger partial charge >= 0.3 is 0 Å². The Kier molecular flexibility index (Phi) is 5.08. The van der Waals surface area contributed by atoms with E-state index in [0.717, 1.165) is 28.5 Å². The molecule has 1 rings (SSSR count). The number of carbonyl (C=O) groups is 1. The first-order valence-electron chi connectivity index (χ1n) is 5.19. The maximum atomic E-state index is 11.7. The fourth-order valence-corrected chi connectivity index (χ4v) is 1.73. The van der Waals surface area contributed by atoms with Crippen LogP contribution in [-0.2, 0) is 0 Å². The number of carbonyl (C=O) groups excluding carboxylic acids is 1. The summed E-state index contributed by atoms with van der Waals surface area (Å²) in [6, 6.07) is 5.78. The minimum absolute atomic E-state index is 0.0290. The average Bonchev–Trinajstić information content (AvgIpc) is 2.22. The van der Waals surface area contributed by atoms with Crippen LogP contribution in [0.1, 0.15) is 35.7 Å². The molecule has 82 valence electrons. The van der Waals surface area contributed by atoms with Crippen LogP contribution in [0.5, 0.6) is 0 Å². The van der Waals surface area contributed by atoms with Gasteiger partial charge in [0.2, 0.25) is 0 Å². The second-order valence-electron chi connectivity index (χ2n) is 3.57. The van der Waals surface area contributed by atoms with Crippen molar-refractivity contribution in [1.29, 1.82) is 0 Å². The molecule has 3 heteroatoms. The number of aryl methyl sites for hydroxylation is 1. The third-order valence-electron chi connectivity index (χ3n) is 2.25. The highest BCUT2D eigenvalue weighted by atomic mass is 127. The molecule has 0 heterocycles. The lowest BCUT2D eigenvalue weighted by Gasteiger charge is -2.05. The number of amides is 1. The topological polar surface area (TPSA) is 29.1 Å². The Bertz CT molecular complexity index is 349. The van der Waals surface area contributed by atoms with E-state index in [1.807, 2.05) is 25.1 Å². The lowest BCUT2D eigenvalue weighted by molar-refractivity contribution is 0.0953. The molecule has 2 nitrogen and oxygen atoms in total. The van der Waals surface area contributed by atoms with E-state index in [9.17, 15) is 4.79 Å². The van der Waals surface area contributed by atoms with Crippen molar-refractivity contribution in [2.45, 2.75) is 26.7 Å². The van der Waals surface area contributed by atoms with Gasteiger partial charge in [-0.25, -0.2) is 0 Å². The third-order valence-corrected chi connectivity index (χ3v) is 3.41. The Labute approximate surface area is 105 Å². The zero-order valence-corrected chi connectivity index (χ0v) is 11.3. The van der Waals surface area contributed by atoms with Crippen LogP contribution in [0.25, 0.3) is 0 Å². The van der Waals surface area contributed by atoms with E-state index in [2.05, 4.69) is 34.8 Å². The Morgan fingerprint density at radius 2 is 2.20 bits per heavy atom. The highest BCUT2D eigenvalue weighted by molar-refractivity contribution is 14.1. The van der Waals surface area contributed by atoms with Gasteiger partial charge in [0, 0.05) is 15.7 Å². The summed E-state index contributed by atoms with van der Waals surface area (Å²) in [5.74, 6) is 0.0290. The molecule has 0 unspecified atom stereocenters. The van der Waals surface area contributed by atoms with E-state index in [0.29, 0.717) is 0 Å². The second kappa shape index (κ2) is 6.10. The van der Waals surface area contributed by atoms with Gasteiger partial charge in [0.05, 0.1) is 0 Å². The van der Waals surface area contributed by atoms with Crippen LogP contribution in [0.15, 0.2) is 18.2 Å². The van der Waals surface area contributed by atoms with Gasteiger partial charge in [0.25, 0.3) is 5.91 Å². The predicted octanol–water partition coefficient (Wildman–Crippen LogP) is 3.13. The number of hydrogen-bond acceptors (Lipinski definition) is 1. The van der Waals surface area contributed by atoms with Gasteiger partial charge in [0.1, 0.15) is 0 Å². The quantitative estimate of drug-likeness (QED) is 0.671. The number of hydrogen-bond donors (Lipinski definition) is 1. The van der Waals surface area contributed by atoms with E-state index in [1.54, 1.807) is 0 Å². The van der Waals surface area contributed by atoms with E-state index in [1.165, 1.54) is 5.56 Å². The Morgan fingerprint density at radius 3 is 2.80 bits per heavy atom. The van der Waals surface area contributed by atoms with Crippen molar-refractivity contribution in [3.05, 3.63) is 32.9 Å². The van der Waals surface area contributed by atoms with Crippen LogP contribution < -0.4 is 5.32 Å². The van der Waals surface area contributed by atoms with Crippen molar-refractivity contribution in [3.63, 3.8) is 0 Å². The molecule has 1 aromatic rings. The summed E-state index contributed by atoms with van der Waals surface area (Å²) < 4.78 is 1.13. The molecular formula is C12H16INO. The maximum Gasteiger partial charge on any atom is 0.251 e. The summed E-state index contributed by atoms with van der Waals surface area (Å²) in [5.41, 5.74) is 1.96. The van der Waals surface area contributed by atoms with Gasteiger partial charge in [-0.15, -0.1) is 0 Å². The largest absolute Gasteiger partial charge is 0.352 e. The summed E-state index contributed by atoms with van der Waals surface area (Å²) in [7, 11) is 0. The fourth-order valence-electron chi connectivity index (χ4n) is 1.21. The molecule has 0 saturated carbocycles. The van der Waals surface area contributed by atoms with Crippen molar-refractivity contribution in [2.75, 3.05) is 6.54 Å². The molecule has 0 aliphatic rings. The first kappa shape index (κ1) is 12.5. The molecule has 0 aromatic heterocycles. The highest BCUT2D eigenvalue weighted by Crippen LogP contribution is 2.13. The molecule has 0 fully saturated rings. The van der Waals surface area contributed by atoms with Crippen molar-refractivity contribution in [1.82, 2.24) is 5.32 Å². The monoisotopic (exact) mass is 317 g/mol. The summed E-state index contributed by atoms with van der Waals surface area (Å²) in [6.45, 7) is 4.92. The summed E-state index contributed by atoms with van der Waals surface area (Å²) in [5, 5.41) is 2.90. The first-order chi connectivity index (χ1) is 7.15. The Hall–Kier alpha value is -0.580. The lowest BCUT2D eigenvalue weighted by atomic mass is 10.1. The first-order valence-corrected chi connectivity index (χ1v) is 6.27. The molecule has 1 N–H and O–H groups in total. The van der Waals surface area contributed by atoms with Crippen LogP contribution in [0.2, 0.25) is 0 Å². The van der Waals surface area contributed by atoms with Crippen LogP contribution in [0, 0.1) is 10.5 Å². The van der Waals surface area contributed by atoms with Crippen LogP contribution >= 0.6 is 22.6 Å². The van der Waals surface area contributed by atoms with Gasteiger partial charge in [-0.1, -0.05) is 19.4 Å². The SMILES string of the molecule is CCCCNC(=O)c1ccc(C)c(I)c1. The molecule has 0 atom stereocenters. The van der Waals surface area contributed by atoms with Gasteiger partial charge in [-0.3, -0.25) is 4.79 Å². The van der Waals surface area contributed by atoms with Gasteiger partial charge in [-0.2, -0.15) is 0 Å². The number of rotatable bonds is 4. The minimum Gasteiger partial charge on any atom is -0.352 e. The molecule has 0 radical (unpaired) electrons. The van der Waals surface area contributed by atoms with Gasteiger partial charge < -0.3 is 5.32 Å². The summed E-state index contributed by atoms with van der Waals surface area (Å²) >= 11 is 2.25. The van der Waals surface area contributed by atoms with E-state index >= 15 is 0 Å². The smallest absolute Gasteiger partial charge is 0.251 e. The molecule has 0 bridgehead atoms. The normalized spacial score (nSPS) is 10.1. The van der Waals surface area contributed by atoms with E-state index in [4.69, 9.17) is 0 Å². The second-order valence-corrected chi connectivity index (χ2v) is 4.74. The molecule has 1 amide bonds. The minimum atomic E-state index is 0.0290. The van der Waals surface area contributed by atoms with Crippen LogP contribution in [0.4, 0.5) is 0 Å². The summed E-state index contributed by atoms with van der Waals surface area (Å²) in [6.07, 6.45) is 2.14. The van der Waals surface area contributed by atoms with Crippen molar-refractivity contribution < 1.29 is 4.79 Å². The number of halogens is 1. The molecule has 0 spiro atoms. The molecule has 1 aromatic carbocycles. The zero-order chi connectivity index (χ0) is 11.3. The maximum absolute atomic E-state index is 11.7. The Morgan fingerprint density at radius 1 is 1.47 bits per heavy atom. The van der Waals surface area contributed by atoms with Crippen LogP contribution in [0.3, 0.4) is 0 Å². The molecule has 0 saturated heterocycles. The predicted molar refractivity (Wildman–Crippen MR) is 71.1 cm³/mol. The number of unbranched alkanes of at least 4 members (excludes halogenated alkanes) is 1. The summed E-state index contributed by atoms with van der Waals surface area (Å²) in [4.78, 5) is 11.7. The average molecular weight is 317 g/mol. The number of benzene rings is 1. The van der Waals surface area contributed by atoms with Crippen molar-refractivity contribution in [3.8, 4) is 0 Å².